The first kappa shape index (κ1) is 16.0. The number of hydrogen-bond acceptors (Lipinski definition) is 2. The van der Waals surface area contributed by atoms with Gasteiger partial charge in [-0.3, -0.25) is 4.79 Å². The quantitative estimate of drug-likeness (QED) is 0.858. The fourth-order valence-electron chi connectivity index (χ4n) is 3.97. The molecule has 1 heterocycles. The van der Waals surface area contributed by atoms with Crippen molar-refractivity contribution in [3.63, 3.8) is 0 Å². The molecule has 1 atom stereocenters. The molecule has 1 spiro atoms. The Morgan fingerprint density at radius 2 is 1.86 bits per heavy atom. The molecule has 3 nitrogen and oxygen atoms in total. The lowest BCUT2D eigenvalue weighted by molar-refractivity contribution is -0.142. The van der Waals surface area contributed by atoms with Crippen molar-refractivity contribution < 1.29 is 9.90 Å². The highest BCUT2D eigenvalue weighted by Gasteiger charge is 2.42. The average Bonchev–Trinajstić information content (AvgIpc) is 2.51. The van der Waals surface area contributed by atoms with E-state index in [1.165, 1.54) is 5.56 Å². The number of rotatable bonds is 2. The van der Waals surface area contributed by atoms with Gasteiger partial charge in [0.25, 0.3) is 0 Å². The average molecular weight is 366 g/mol. The molecule has 1 aromatic carbocycles. The zero-order valence-corrected chi connectivity index (χ0v) is 14.7. The summed E-state index contributed by atoms with van der Waals surface area (Å²) in [6, 6.07) is 8.37. The molecule has 22 heavy (non-hydrogen) atoms. The number of hydrogen-bond donors (Lipinski definition) is 1. The normalized spacial score (nSPS) is 30.6. The molecule has 0 unspecified atom stereocenters. The molecule has 0 aromatic heterocycles. The van der Waals surface area contributed by atoms with Gasteiger partial charge in [-0.1, -0.05) is 28.1 Å². The van der Waals surface area contributed by atoms with Crippen LogP contribution >= 0.6 is 15.9 Å². The Morgan fingerprint density at radius 3 is 2.45 bits per heavy atom. The van der Waals surface area contributed by atoms with Gasteiger partial charge in [-0.15, -0.1) is 0 Å². The smallest absolute Gasteiger partial charge is 0.223 e. The number of amides is 1. The van der Waals surface area contributed by atoms with Crippen LogP contribution < -0.4 is 0 Å². The van der Waals surface area contributed by atoms with Crippen LogP contribution in [0.5, 0.6) is 0 Å². The van der Waals surface area contributed by atoms with Crippen LogP contribution in [0.3, 0.4) is 0 Å². The zero-order chi connectivity index (χ0) is 15.7. The first-order chi connectivity index (χ1) is 10.5. The third kappa shape index (κ3) is 3.23. The topological polar surface area (TPSA) is 40.5 Å². The number of likely N-dealkylation sites (tertiary alicyclic amines) is 1. The van der Waals surface area contributed by atoms with Crippen LogP contribution in [-0.4, -0.2) is 28.6 Å². The fraction of sp³-hybridized carbons (Fsp3) is 0.611. The molecule has 1 saturated heterocycles. The maximum Gasteiger partial charge on any atom is 0.223 e. The number of carbonyl (C=O) groups excluding carboxylic acids is 1. The zero-order valence-electron chi connectivity index (χ0n) is 13.1. The Bertz CT molecular complexity index is 535. The van der Waals surface area contributed by atoms with Crippen molar-refractivity contribution in [3.8, 4) is 0 Å². The van der Waals surface area contributed by atoms with Gasteiger partial charge in [-0.2, -0.15) is 0 Å². The molecule has 2 fully saturated rings. The first-order valence-electron chi connectivity index (χ1n) is 8.22. The van der Waals surface area contributed by atoms with Crippen molar-refractivity contribution >= 4 is 21.8 Å². The van der Waals surface area contributed by atoms with Gasteiger partial charge in [0.05, 0.1) is 12.1 Å². The van der Waals surface area contributed by atoms with Gasteiger partial charge >= 0.3 is 0 Å². The van der Waals surface area contributed by atoms with E-state index in [-0.39, 0.29) is 23.5 Å². The maximum atomic E-state index is 12.7. The standard InChI is InChI=1S/C18H24BrNO2/c1-13(14-2-4-15(19)5-3-14)20-11-10-18(12-17(20)22)8-6-16(21)7-9-18/h2-5,13,16,21H,6-12H2,1H3/t13-,16-,18+/m0/s1. The number of aliphatic hydroxyl groups is 1. The number of aliphatic hydroxyl groups excluding tert-OH is 1. The molecule has 1 saturated carbocycles. The minimum absolute atomic E-state index is 0.132. The summed E-state index contributed by atoms with van der Waals surface area (Å²) in [6.07, 6.45) is 5.29. The number of carbonyl (C=O) groups is 1. The molecule has 1 amide bonds. The molecule has 0 radical (unpaired) electrons. The lowest BCUT2D eigenvalue weighted by Gasteiger charge is -2.46. The Balaban J connectivity index is 1.68. The van der Waals surface area contributed by atoms with E-state index in [4.69, 9.17) is 0 Å². The predicted molar refractivity (Wildman–Crippen MR) is 90.4 cm³/mol. The van der Waals surface area contributed by atoms with Crippen molar-refractivity contribution in [1.29, 1.82) is 0 Å². The van der Waals surface area contributed by atoms with Crippen LogP contribution in [0.25, 0.3) is 0 Å². The summed E-state index contributed by atoms with van der Waals surface area (Å²) >= 11 is 3.45. The van der Waals surface area contributed by atoms with Crippen molar-refractivity contribution in [3.05, 3.63) is 34.3 Å². The molecule has 120 valence electrons. The fourth-order valence-corrected chi connectivity index (χ4v) is 4.23. The first-order valence-corrected chi connectivity index (χ1v) is 9.01. The van der Waals surface area contributed by atoms with E-state index < -0.39 is 0 Å². The van der Waals surface area contributed by atoms with E-state index in [9.17, 15) is 9.90 Å². The summed E-state index contributed by atoms with van der Waals surface area (Å²) in [6.45, 7) is 2.95. The summed E-state index contributed by atoms with van der Waals surface area (Å²) in [5, 5.41) is 9.70. The molecular weight excluding hydrogens is 342 g/mol. The molecule has 1 aromatic rings. The molecule has 1 N–H and O–H groups in total. The Kier molecular flexibility index (Phi) is 4.60. The number of halogens is 1. The van der Waals surface area contributed by atoms with E-state index in [1.807, 2.05) is 17.0 Å². The Hall–Kier alpha value is -0.870. The lowest BCUT2D eigenvalue weighted by Crippen LogP contribution is -2.46. The third-order valence-corrected chi connectivity index (χ3v) is 6.09. The van der Waals surface area contributed by atoms with Crippen molar-refractivity contribution in [1.82, 2.24) is 4.90 Å². The van der Waals surface area contributed by atoms with Crippen molar-refractivity contribution in [2.24, 2.45) is 5.41 Å². The minimum Gasteiger partial charge on any atom is -0.393 e. The second-order valence-electron chi connectivity index (χ2n) is 6.97. The number of piperidine rings is 1. The number of nitrogens with zero attached hydrogens (tertiary/aromatic N) is 1. The Morgan fingerprint density at radius 1 is 1.23 bits per heavy atom. The predicted octanol–water partition coefficient (Wildman–Crippen LogP) is 4.05. The van der Waals surface area contributed by atoms with Gasteiger partial charge in [0.2, 0.25) is 5.91 Å². The van der Waals surface area contributed by atoms with Gasteiger partial charge in [0.15, 0.2) is 0 Å². The molecule has 0 bridgehead atoms. The van der Waals surface area contributed by atoms with Gasteiger partial charge in [0.1, 0.15) is 0 Å². The van der Waals surface area contributed by atoms with Crippen LogP contribution in [0.4, 0.5) is 0 Å². The highest BCUT2D eigenvalue weighted by molar-refractivity contribution is 9.10. The molecule has 4 heteroatoms. The minimum atomic E-state index is -0.152. The summed E-state index contributed by atoms with van der Waals surface area (Å²) < 4.78 is 1.06. The Labute approximate surface area is 140 Å². The molecule has 2 aliphatic rings. The molecule has 1 aliphatic carbocycles. The summed E-state index contributed by atoms with van der Waals surface area (Å²) in [5.41, 5.74) is 1.35. The third-order valence-electron chi connectivity index (χ3n) is 5.57. The SMILES string of the molecule is C[C@@H](c1ccc(Br)cc1)N1CC[C@]2(CC[C@H](O)CC2)CC1=O. The van der Waals surface area contributed by atoms with Crippen LogP contribution in [0, 0.1) is 5.41 Å². The monoisotopic (exact) mass is 365 g/mol. The second-order valence-corrected chi connectivity index (χ2v) is 7.89. The summed E-state index contributed by atoms with van der Waals surface area (Å²) in [4.78, 5) is 14.7. The highest BCUT2D eigenvalue weighted by atomic mass is 79.9. The van der Waals surface area contributed by atoms with Gasteiger partial charge < -0.3 is 10.0 Å². The number of benzene rings is 1. The van der Waals surface area contributed by atoms with E-state index in [0.29, 0.717) is 6.42 Å². The maximum absolute atomic E-state index is 12.7. The highest BCUT2D eigenvalue weighted by Crippen LogP contribution is 2.46. The summed E-state index contributed by atoms with van der Waals surface area (Å²) in [7, 11) is 0. The molecule has 3 rings (SSSR count). The van der Waals surface area contributed by atoms with Crippen molar-refractivity contribution in [2.75, 3.05) is 6.54 Å². The van der Waals surface area contributed by atoms with Gasteiger partial charge in [0, 0.05) is 17.4 Å². The second kappa shape index (κ2) is 6.32. The van der Waals surface area contributed by atoms with Crippen LogP contribution in [0.2, 0.25) is 0 Å². The van der Waals surface area contributed by atoms with E-state index >= 15 is 0 Å². The van der Waals surface area contributed by atoms with E-state index in [2.05, 4.69) is 35.0 Å². The van der Waals surface area contributed by atoms with Crippen LogP contribution in [-0.2, 0) is 4.79 Å². The molecular formula is C18H24BrNO2. The summed E-state index contributed by atoms with van der Waals surface area (Å²) in [5.74, 6) is 0.276. The molecule has 1 aliphatic heterocycles. The van der Waals surface area contributed by atoms with E-state index in [1.54, 1.807) is 0 Å². The lowest BCUT2D eigenvalue weighted by atomic mass is 9.67. The van der Waals surface area contributed by atoms with Gasteiger partial charge in [-0.05, 0) is 62.1 Å². The van der Waals surface area contributed by atoms with E-state index in [0.717, 1.165) is 43.1 Å². The van der Waals surface area contributed by atoms with Crippen molar-refractivity contribution in [2.45, 2.75) is 57.6 Å². The van der Waals surface area contributed by atoms with Gasteiger partial charge in [-0.25, -0.2) is 0 Å². The van der Waals surface area contributed by atoms with Crippen LogP contribution in [0.1, 0.15) is 57.1 Å². The van der Waals surface area contributed by atoms with Crippen LogP contribution in [0.15, 0.2) is 28.7 Å². The largest absolute Gasteiger partial charge is 0.393 e.